The summed E-state index contributed by atoms with van der Waals surface area (Å²) in [6.45, 7) is 3.31. The Balaban J connectivity index is 1.79. The lowest BCUT2D eigenvalue weighted by Crippen LogP contribution is -2.36. The molecular weight excluding hydrogens is 403 g/mol. The molecule has 0 radical (unpaired) electrons. The summed E-state index contributed by atoms with van der Waals surface area (Å²) in [4.78, 5) is 8.90. The molecule has 0 saturated heterocycles. The highest BCUT2D eigenvalue weighted by Crippen LogP contribution is 2.17. The van der Waals surface area contributed by atoms with Crippen LogP contribution in [0.4, 0.5) is 4.39 Å². The van der Waals surface area contributed by atoms with Crippen molar-refractivity contribution >= 4 is 26.7 Å². The lowest BCUT2D eigenvalue weighted by atomic mass is 10.1. The molecule has 1 heterocycles. The van der Waals surface area contributed by atoms with Gasteiger partial charge in [0.05, 0.1) is 17.8 Å². The highest BCUT2D eigenvalue weighted by molar-refractivity contribution is 7.89. The average Bonchev–Trinajstić information content (AvgIpc) is 2.71. The molecule has 0 saturated carbocycles. The van der Waals surface area contributed by atoms with E-state index in [9.17, 15) is 12.8 Å². The average molecular weight is 429 g/mol. The second kappa shape index (κ2) is 9.67. The fraction of sp³-hybridized carbons (Fsp3) is 0.273. The van der Waals surface area contributed by atoms with E-state index in [1.165, 1.54) is 18.2 Å². The first-order chi connectivity index (χ1) is 14.4. The highest BCUT2D eigenvalue weighted by Gasteiger charge is 2.11. The van der Waals surface area contributed by atoms with Gasteiger partial charge in [-0.1, -0.05) is 24.3 Å². The van der Waals surface area contributed by atoms with Crippen molar-refractivity contribution in [2.24, 2.45) is 4.99 Å². The molecule has 0 spiro atoms. The molecule has 0 unspecified atom stereocenters. The van der Waals surface area contributed by atoms with E-state index >= 15 is 0 Å². The van der Waals surface area contributed by atoms with Crippen LogP contribution in [0.2, 0.25) is 0 Å². The Kier molecular flexibility index (Phi) is 6.99. The van der Waals surface area contributed by atoms with Gasteiger partial charge in [0.1, 0.15) is 5.82 Å². The molecule has 8 heteroatoms. The van der Waals surface area contributed by atoms with Crippen molar-refractivity contribution in [2.45, 2.75) is 25.8 Å². The maximum atomic E-state index is 13.7. The largest absolute Gasteiger partial charge is 0.357 e. The van der Waals surface area contributed by atoms with E-state index in [0.717, 1.165) is 22.7 Å². The second-order valence-electron chi connectivity index (χ2n) is 7.02. The third kappa shape index (κ3) is 6.00. The fourth-order valence-electron chi connectivity index (χ4n) is 3.16. The van der Waals surface area contributed by atoms with Gasteiger partial charge in [-0.15, -0.1) is 0 Å². The smallest absolute Gasteiger partial charge is 0.191 e. The molecule has 0 fully saturated rings. The Labute approximate surface area is 176 Å². The van der Waals surface area contributed by atoms with E-state index in [1.807, 2.05) is 37.3 Å². The summed E-state index contributed by atoms with van der Waals surface area (Å²) >= 11 is 0. The zero-order valence-corrected chi connectivity index (χ0v) is 17.8. The summed E-state index contributed by atoms with van der Waals surface area (Å²) in [5, 5.41) is 7.50. The summed E-state index contributed by atoms with van der Waals surface area (Å²) in [6, 6.07) is 14.0. The van der Waals surface area contributed by atoms with Crippen molar-refractivity contribution in [1.29, 1.82) is 0 Å². The first kappa shape index (κ1) is 21.7. The summed E-state index contributed by atoms with van der Waals surface area (Å²) in [5.74, 6) is -0.00269. The van der Waals surface area contributed by atoms with Gasteiger partial charge in [-0.25, -0.2) is 17.8 Å². The summed E-state index contributed by atoms with van der Waals surface area (Å²) < 4.78 is 37.1. The Morgan fingerprint density at radius 2 is 1.87 bits per heavy atom. The monoisotopic (exact) mass is 428 g/mol. The van der Waals surface area contributed by atoms with Gasteiger partial charge in [0.2, 0.25) is 0 Å². The number of hydrogen-bond acceptors (Lipinski definition) is 4. The zero-order chi connectivity index (χ0) is 21.6. The summed E-state index contributed by atoms with van der Waals surface area (Å²) in [6.07, 6.45) is 2.93. The standard InChI is InChI=1S/C22H25FN4O2S/c1-3-24-22(26-13-16-10-11-25-21-7-5-4-6-20(16)21)27-14-18-12-19(23)9-8-17(18)15-30(2,28)29/h4-12H,3,13-15H2,1-2H3,(H2,24,26,27). The number of guanidine groups is 1. The van der Waals surface area contributed by atoms with Gasteiger partial charge >= 0.3 is 0 Å². The molecule has 3 rings (SSSR count). The van der Waals surface area contributed by atoms with Crippen LogP contribution in [0.1, 0.15) is 23.6 Å². The number of nitrogens with zero attached hydrogens (tertiary/aromatic N) is 2. The topological polar surface area (TPSA) is 83.5 Å². The van der Waals surface area contributed by atoms with Gasteiger partial charge in [0.15, 0.2) is 15.8 Å². The van der Waals surface area contributed by atoms with Gasteiger partial charge in [-0.2, -0.15) is 0 Å². The number of fused-ring (bicyclic) bond motifs is 1. The molecule has 0 aliphatic carbocycles. The number of hydrogen-bond donors (Lipinski definition) is 2. The van der Waals surface area contributed by atoms with E-state index in [1.54, 1.807) is 6.20 Å². The molecule has 6 nitrogen and oxygen atoms in total. The Morgan fingerprint density at radius 1 is 1.07 bits per heavy atom. The van der Waals surface area contributed by atoms with Gasteiger partial charge < -0.3 is 10.6 Å². The normalized spacial score (nSPS) is 12.2. The maximum absolute atomic E-state index is 13.7. The molecule has 158 valence electrons. The quantitative estimate of drug-likeness (QED) is 0.446. The third-order valence-corrected chi connectivity index (χ3v) is 5.36. The van der Waals surface area contributed by atoms with E-state index in [4.69, 9.17) is 0 Å². The highest BCUT2D eigenvalue weighted by atomic mass is 32.2. The van der Waals surface area contributed by atoms with Crippen molar-refractivity contribution in [3.8, 4) is 0 Å². The Bertz CT molecular complexity index is 1160. The summed E-state index contributed by atoms with van der Waals surface area (Å²) in [7, 11) is -3.24. The number of nitrogens with one attached hydrogen (secondary N) is 2. The van der Waals surface area contributed by atoms with Gasteiger partial charge in [-0.05, 0) is 47.9 Å². The maximum Gasteiger partial charge on any atom is 0.191 e. The molecular formula is C22H25FN4O2S. The van der Waals surface area contributed by atoms with Crippen molar-refractivity contribution in [2.75, 3.05) is 12.8 Å². The lowest BCUT2D eigenvalue weighted by molar-refractivity contribution is 0.600. The Hall–Kier alpha value is -3.00. The minimum absolute atomic E-state index is 0.148. The molecule has 0 aliphatic rings. The summed E-state index contributed by atoms with van der Waals surface area (Å²) in [5.41, 5.74) is 3.10. The Morgan fingerprint density at radius 3 is 2.63 bits per heavy atom. The SMILES string of the molecule is CCNC(=NCc1cc(F)ccc1CS(C)(=O)=O)NCc1ccnc2ccccc12. The van der Waals surface area contributed by atoms with Crippen molar-refractivity contribution < 1.29 is 12.8 Å². The zero-order valence-electron chi connectivity index (χ0n) is 17.0. The minimum Gasteiger partial charge on any atom is -0.357 e. The molecule has 2 N–H and O–H groups in total. The third-order valence-electron chi connectivity index (χ3n) is 4.52. The predicted molar refractivity (Wildman–Crippen MR) is 118 cm³/mol. The van der Waals surface area contributed by atoms with Crippen LogP contribution in [0.5, 0.6) is 0 Å². The van der Waals surface area contributed by atoms with Crippen LogP contribution in [0.15, 0.2) is 59.7 Å². The van der Waals surface area contributed by atoms with Crippen molar-refractivity contribution in [1.82, 2.24) is 15.6 Å². The number of aromatic nitrogens is 1. The van der Waals surface area contributed by atoms with Crippen LogP contribution in [0, 0.1) is 5.82 Å². The molecule has 3 aromatic rings. The minimum atomic E-state index is -3.24. The first-order valence-electron chi connectivity index (χ1n) is 9.65. The van der Waals surface area contributed by atoms with Crippen LogP contribution in [-0.2, 0) is 28.7 Å². The number of sulfone groups is 1. The molecule has 0 bridgehead atoms. The predicted octanol–water partition coefficient (Wildman–Crippen LogP) is 3.17. The molecule has 0 aliphatic heterocycles. The molecule has 0 atom stereocenters. The van der Waals surface area contributed by atoms with E-state index in [2.05, 4.69) is 20.6 Å². The van der Waals surface area contributed by atoms with Crippen molar-refractivity contribution in [3.63, 3.8) is 0 Å². The van der Waals surface area contributed by atoms with Crippen LogP contribution in [-0.4, -0.2) is 32.2 Å². The number of para-hydroxylation sites is 1. The van der Waals surface area contributed by atoms with Gasteiger partial charge in [0.25, 0.3) is 0 Å². The van der Waals surface area contributed by atoms with Crippen molar-refractivity contribution in [3.05, 3.63) is 77.2 Å². The number of aliphatic imine (C=N–C) groups is 1. The lowest BCUT2D eigenvalue weighted by Gasteiger charge is -2.13. The second-order valence-corrected chi connectivity index (χ2v) is 9.16. The van der Waals surface area contributed by atoms with Crippen LogP contribution >= 0.6 is 0 Å². The van der Waals surface area contributed by atoms with Crippen LogP contribution in [0.3, 0.4) is 0 Å². The molecule has 2 aromatic carbocycles. The molecule has 1 aromatic heterocycles. The van der Waals surface area contributed by atoms with E-state index in [0.29, 0.717) is 30.2 Å². The fourth-order valence-corrected chi connectivity index (χ4v) is 4.01. The van der Waals surface area contributed by atoms with E-state index in [-0.39, 0.29) is 12.3 Å². The van der Waals surface area contributed by atoms with Gasteiger partial charge in [0, 0.05) is 30.9 Å². The van der Waals surface area contributed by atoms with E-state index < -0.39 is 15.7 Å². The van der Waals surface area contributed by atoms with Crippen LogP contribution in [0.25, 0.3) is 10.9 Å². The van der Waals surface area contributed by atoms with Crippen LogP contribution < -0.4 is 10.6 Å². The number of pyridine rings is 1. The molecule has 30 heavy (non-hydrogen) atoms. The van der Waals surface area contributed by atoms with Gasteiger partial charge in [-0.3, -0.25) is 4.98 Å². The number of benzene rings is 2. The number of halogens is 1. The molecule has 0 amide bonds. The number of rotatable bonds is 7. The first-order valence-corrected chi connectivity index (χ1v) is 11.7.